The first-order chi connectivity index (χ1) is 16.3. The van der Waals surface area contributed by atoms with Gasteiger partial charge in [0.05, 0.1) is 5.69 Å². The Hall–Kier alpha value is -2.59. The van der Waals surface area contributed by atoms with Crippen LogP contribution in [0.3, 0.4) is 0 Å². The van der Waals surface area contributed by atoms with Crippen molar-refractivity contribution in [3.63, 3.8) is 0 Å². The molecule has 0 spiro atoms. The third-order valence-corrected chi connectivity index (χ3v) is 7.66. The maximum absolute atomic E-state index is 12.2. The Labute approximate surface area is 209 Å². The van der Waals surface area contributed by atoms with E-state index in [2.05, 4.69) is 30.3 Å². The summed E-state index contributed by atoms with van der Waals surface area (Å²) < 4.78 is 14.9. The normalized spacial score (nSPS) is 18.5. The molecule has 9 nitrogen and oxygen atoms in total. The summed E-state index contributed by atoms with van der Waals surface area (Å²) in [5.74, 6) is 0.953. The van der Waals surface area contributed by atoms with Gasteiger partial charge in [0.25, 0.3) is 0 Å². The summed E-state index contributed by atoms with van der Waals surface area (Å²) in [5.41, 5.74) is 1.29. The van der Waals surface area contributed by atoms with Crippen LogP contribution in [-0.4, -0.2) is 46.8 Å². The number of anilines is 2. The number of hydrogen-bond donors (Lipinski definition) is 2. The molecule has 0 aromatic carbocycles. The molecule has 1 saturated carbocycles. The van der Waals surface area contributed by atoms with Crippen LogP contribution in [0.2, 0.25) is 25.7 Å². The summed E-state index contributed by atoms with van der Waals surface area (Å²) in [6, 6.07) is 6.49. The predicted octanol–water partition coefficient (Wildman–Crippen LogP) is 4.80. The van der Waals surface area contributed by atoms with Gasteiger partial charge in [0.1, 0.15) is 12.3 Å². The van der Waals surface area contributed by atoms with Crippen LogP contribution < -0.4 is 16.2 Å². The minimum absolute atomic E-state index is 0.0612. The molecule has 2 aromatic rings. The number of hydrogen-bond acceptors (Lipinski definition) is 6. The highest BCUT2D eigenvalue weighted by Crippen LogP contribution is 2.36. The number of pyridine rings is 1. The van der Waals surface area contributed by atoms with Crippen LogP contribution in [0.15, 0.2) is 29.2 Å². The number of aromatic nitrogens is 3. The van der Waals surface area contributed by atoms with Crippen molar-refractivity contribution < 1.29 is 14.3 Å². The maximum Gasteiger partial charge on any atom is 0.407 e. The van der Waals surface area contributed by atoms with Crippen LogP contribution in [-0.2, 0) is 23.3 Å². The van der Waals surface area contributed by atoms with Gasteiger partial charge < -0.3 is 24.7 Å². The van der Waals surface area contributed by atoms with E-state index in [4.69, 9.17) is 14.6 Å². The van der Waals surface area contributed by atoms with Gasteiger partial charge in [0.15, 0.2) is 5.82 Å². The number of nitrogens with zero attached hydrogens (tertiary/aromatic N) is 3. The van der Waals surface area contributed by atoms with E-state index in [1.807, 2.05) is 31.5 Å². The lowest BCUT2D eigenvalue weighted by molar-refractivity contribution is 0.0504. The third-order valence-electron chi connectivity index (χ3n) is 5.95. The van der Waals surface area contributed by atoms with Crippen molar-refractivity contribution in [1.29, 1.82) is 0 Å². The fourth-order valence-electron chi connectivity index (χ4n) is 4.12. The van der Waals surface area contributed by atoms with Crippen molar-refractivity contribution in [2.24, 2.45) is 7.05 Å². The number of carbonyl (C=O) groups is 1. The lowest BCUT2D eigenvalue weighted by Crippen LogP contribution is -2.37. The first-order valence-corrected chi connectivity index (χ1v) is 16.1. The lowest BCUT2D eigenvalue weighted by atomic mass is 10.0. The van der Waals surface area contributed by atoms with E-state index in [-0.39, 0.29) is 23.6 Å². The SMILES string of the molecule is Cn1cc(Nc2cc([C@H]3CC[C@@H](NC(=O)OC(C)(C)C)C3)n(COCC[Si](C)(C)C)n2)ccc1=O. The second-order valence-electron chi connectivity index (χ2n) is 11.6. The highest BCUT2D eigenvalue weighted by Gasteiger charge is 2.31. The molecule has 194 valence electrons. The largest absolute Gasteiger partial charge is 0.444 e. The molecule has 35 heavy (non-hydrogen) atoms. The Bertz CT molecular complexity index is 1070. The molecular weight excluding hydrogens is 462 g/mol. The summed E-state index contributed by atoms with van der Waals surface area (Å²) >= 11 is 0. The second-order valence-corrected chi connectivity index (χ2v) is 17.3. The average Bonchev–Trinajstić information content (AvgIpc) is 3.32. The first-order valence-electron chi connectivity index (χ1n) is 12.4. The molecule has 0 bridgehead atoms. The number of amides is 1. The van der Waals surface area contributed by atoms with Crippen molar-refractivity contribution in [2.75, 3.05) is 11.9 Å². The van der Waals surface area contributed by atoms with E-state index in [1.54, 1.807) is 19.3 Å². The van der Waals surface area contributed by atoms with Gasteiger partial charge in [0, 0.05) is 57.7 Å². The smallest absolute Gasteiger partial charge is 0.407 e. The zero-order chi connectivity index (χ0) is 25.8. The molecule has 1 fully saturated rings. The second kappa shape index (κ2) is 11.0. The number of aryl methyl sites for hydroxylation is 1. The van der Waals surface area contributed by atoms with E-state index in [1.165, 1.54) is 10.6 Å². The molecule has 2 aromatic heterocycles. The van der Waals surface area contributed by atoms with Crippen molar-refractivity contribution in [3.05, 3.63) is 40.4 Å². The van der Waals surface area contributed by atoms with Crippen molar-refractivity contribution in [3.8, 4) is 0 Å². The van der Waals surface area contributed by atoms with E-state index < -0.39 is 13.7 Å². The van der Waals surface area contributed by atoms with Gasteiger partial charge in [-0.25, -0.2) is 9.48 Å². The molecular formula is C25H41N5O4Si. The molecule has 2 atom stereocenters. The minimum atomic E-state index is -1.18. The van der Waals surface area contributed by atoms with Crippen molar-refractivity contribution in [2.45, 2.75) is 90.0 Å². The number of ether oxygens (including phenoxy) is 2. The Morgan fingerprint density at radius 3 is 2.63 bits per heavy atom. The van der Waals surface area contributed by atoms with Gasteiger partial charge in [-0.15, -0.1) is 0 Å². The number of carbonyl (C=O) groups excluding carboxylic acids is 1. The zero-order valence-corrected chi connectivity index (χ0v) is 23.2. The van der Waals surface area contributed by atoms with Crippen LogP contribution in [0, 0.1) is 0 Å². The van der Waals surface area contributed by atoms with E-state index in [0.717, 1.165) is 36.7 Å². The molecule has 2 N–H and O–H groups in total. The molecule has 1 aliphatic rings. The summed E-state index contributed by atoms with van der Waals surface area (Å²) in [6.07, 6.45) is 4.03. The van der Waals surface area contributed by atoms with Gasteiger partial charge >= 0.3 is 6.09 Å². The van der Waals surface area contributed by atoms with Crippen LogP contribution in [0.25, 0.3) is 0 Å². The molecule has 1 amide bonds. The van der Waals surface area contributed by atoms with Crippen molar-refractivity contribution >= 4 is 25.7 Å². The fraction of sp³-hybridized carbons (Fsp3) is 0.640. The van der Waals surface area contributed by atoms with Gasteiger partial charge in [-0.2, -0.15) is 5.10 Å². The first kappa shape index (κ1) is 27.0. The number of rotatable bonds is 9. The Morgan fingerprint density at radius 2 is 1.97 bits per heavy atom. The summed E-state index contributed by atoms with van der Waals surface area (Å²) in [4.78, 5) is 24.0. The quantitative estimate of drug-likeness (QED) is 0.377. The van der Waals surface area contributed by atoms with E-state index in [9.17, 15) is 9.59 Å². The molecule has 2 heterocycles. The molecule has 1 aliphatic carbocycles. The molecule has 0 unspecified atom stereocenters. The number of nitrogens with one attached hydrogen (secondary N) is 2. The van der Waals surface area contributed by atoms with Crippen LogP contribution in [0.5, 0.6) is 0 Å². The molecule has 3 rings (SSSR count). The van der Waals surface area contributed by atoms with Gasteiger partial charge in [-0.05, 0) is 52.1 Å². The predicted molar refractivity (Wildman–Crippen MR) is 141 cm³/mol. The molecule has 0 radical (unpaired) electrons. The molecule has 10 heteroatoms. The fourth-order valence-corrected chi connectivity index (χ4v) is 4.88. The van der Waals surface area contributed by atoms with E-state index >= 15 is 0 Å². The van der Waals surface area contributed by atoms with Gasteiger partial charge in [0.2, 0.25) is 5.56 Å². The third kappa shape index (κ3) is 8.54. The summed E-state index contributed by atoms with van der Waals surface area (Å²) in [6.45, 7) is 13.7. The lowest BCUT2D eigenvalue weighted by Gasteiger charge is -2.22. The minimum Gasteiger partial charge on any atom is -0.444 e. The Morgan fingerprint density at radius 1 is 1.23 bits per heavy atom. The topological polar surface area (TPSA) is 99.4 Å². The maximum atomic E-state index is 12.2. The average molecular weight is 504 g/mol. The van der Waals surface area contributed by atoms with E-state index in [0.29, 0.717) is 19.2 Å². The Kier molecular flexibility index (Phi) is 8.48. The summed E-state index contributed by atoms with van der Waals surface area (Å²) in [5, 5.41) is 11.1. The molecule has 0 saturated heterocycles. The van der Waals surface area contributed by atoms with Gasteiger partial charge in [-0.3, -0.25) is 4.79 Å². The van der Waals surface area contributed by atoms with Crippen LogP contribution >= 0.6 is 0 Å². The highest BCUT2D eigenvalue weighted by atomic mass is 28.3. The zero-order valence-electron chi connectivity index (χ0n) is 22.2. The standard InChI is InChI=1S/C25H41N5O4Si/c1-25(2,3)34-24(32)27-19-9-8-18(14-19)21-15-22(26-20-10-11-23(31)29(4)16-20)28-30(21)17-33-12-13-35(5,6)7/h10-11,15-16,18-19H,8-9,12-14,17H2,1-7H3,(H,26,28)(H,27,32)/t18-,19+/m0/s1. The Balaban J connectivity index is 1.71. The van der Waals surface area contributed by atoms with Gasteiger partial charge in [-0.1, -0.05) is 19.6 Å². The number of alkyl carbamates (subject to hydrolysis) is 1. The summed E-state index contributed by atoms with van der Waals surface area (Å²) in [7, 11) is 0.543. The van der Waals surface area contributed by atoms with Crippen LogP contribution in [0.1, 0.15) is 51.6 Å². The monoisotopic (exact) mass is 503 g/mol. The molecule has 0 aliphatic heterocycles. The highest BCUT2D eigenvalue weighted by molar-refractivity contribution is 6.76. The van der Waals surface area contributed by atoms with Crippen molar-refractivity contribution in [1.82, 2.24) is 19.7 Å². The van der Waals surface area contributed by atoms with Crippen LogP contribution in [0.4, 0.5) is 16.3 Å².